The van der Waals surface area contributed by atoms with Crippen molar-refractivity contribution in [3.8, 4) is 5.75 Å². The Morgan fingerprint density at radius 1 is 1.31 bits per heavy atom. The minimum absolute atomic E-state index is 0.154. The highest BCUT2D eigenvalue weighted by molar-refractivity contribution is 7.10. The van der Waals surface area contributed by atoms with Crippen LogP contribution in [0.4, 0.5) is 5.00 Å². The maximum atomic E-state index is 12.2. The Morgan fingerprint density at radius 2 is 2.08 bits per heavy atom. The lowest BCUT2D eigenvalue weighted by atomic mass is 10.2. The predicted octanol–water partition coefficient (Wildman–Crippen LogP) is 3.36. The number of hydrazone groups is 1. The molecule has 3 aromatic rings. The molecule has 2 aromatic heterocycles. The minimum atomic E-state index is -0.449. The highest BCUT2D eigenvalue weighted by Crippen LogP contribution is 2.21. The van der Waals surface area contributed by atoms with Crippen molar-refractivity contribution in [2.75, 3.05) is 5.73 Å². The van der Waals surface area contributed by atoms with Gasteiger partial charge in [0.25, 0.3) is 0 Å². The Balaban J connectivity index is 1.60. The summed E-state index contributed by atoms with van der Waals surface area (Å²) in [6.07, 6.45) is 0. The molecule has 0 spiro atoms. The summed E-state index contributed by atoms with van der Waals surface area (Å²) in [4.78, 5) is 12.2. The van der Waals surface area contributed by atoms with E-state index in [2.05, 4.69) is 14.9 Å². The fourth-order valence-corrected chi connectivity index (χ4v) is 3.03. The third-order valence-electron chi connectivity index (χ3n) is 3.59. The van der Waals surface area contributed by atoms with Crippen molar-refractivity contribution in [3.63, 3.8) is 0 Å². The maximum absolute atomic E-state index is 12.2. The van der Waals surface area contributed by atoms with Crippen molar-refractivity contribution < 1.29 is 13.9 Å². The van der Waals surface area contributed by atoms with Crippen molar-refractivity contribution in [3.05, 3.63) is 65.2 Å². The third-order valence-corrected chi connectivity index (χ3v) is 4.35. The van der Waals surface area contributed by atoms with Crippen molar-refractivity contribution in [1.82, 2.24) is 9.80 Å². The third kappa shape index (κ3) is 4.09. The molecule has 1 amide bonds. The molecule has 0 radical (unpaired) electrons. The molecule has 0 fully saturated rings. The van der Waals surface area contributed by atoms with Gasteiger partial charge in [-0.15, -0.1) is 0 Å². The smallest absolute Gasteiger partial charge is 0.307 e. The number of amides is 1. The van der Waals surface area contributed by atoms with Crippen LogP contribution >= 0.6 is 11.5 Å². The number of para-hydroxylation sites is 1. The van der Waals surface area contributed by atoms with Crippen LogP contribution in [0.15, 0.2) is 52.0 Å². The van der Waals surface area contributed by atoms with Gasteiger partial charge < -0.3 is 14.9 Å². The molecule has 3 N–H and O–H groups in total. The van der Waals surface area contributed by atoms with Gasteiger partial charge in [-0.3, -0.25) is 4.79 Å². The normalized spacial score (nSPS) is 11.4. The number of nitrogens with two attached hydrogens (primary N) is 1. The Kier molecular flexibility index (Phi) is 5.33. The summed E-state index contributed by atoms with van der Waals surface area (Å²) < 4.78 is 15.2. The Morgan fingerprint density at radius 3 is 2.77 bits per heavy atom. The first-order valence-electron chi connectivity index (χ1n) is 7.88. The molecule has 134 valence electrons. The molecule has 0 aliphatic heterocycles. The molecule has 0 atom stereocenters. The number of aryl methyl sites for hydroxylation is 1. The number of hydrogen-bond donors (Lipinski definition) is 2. The van der Waals surface area contributed by atoms with E-state index in [1.165, 1.54) is 11.5 Å². The zero-order chi connectivity index (χ0) is 18.5. The molecule has 0 aliphatic rings. The number of furan rings is 1. The van der Waals surface area contributed by atoms with Crippen LogP contribution in [0.3, 0.4) is 0 Å². The Labute approximate surface area is 154 Å². The van der Waals surface area contributed by atoms with E-state index < -0.39 is 5.91 Å². The largest absolute Gasteiger partial charge is 0.486 e. The van der Waals surface area contributed by atoms with Crippen molar-refractivity contribution in [2.24, 2.45) is 5.10 Å². The van der Waals surface area contributed by atoms with E-state index in [4.69, 9.17) is 14.9 Å². The number of nitrogens with one attached hydrogen (secondary N) is 1. The second kappa shape index (κ2) is 7.83. The van der Waals surface area contributed by atoms with Gasteiger partial charge in [0.05, 0.1) is 17.0 Å². The summed E-state index contributed by atoms with van der Waals surface area (Å²) in [7, 11) is 0. The highest BCUT2D eigenvalue weighted by Gasteiger charge is 2.14. The Bertz CT molecular complexity index is 912. The molecule has 1 aromatic carbocycles. The fraction of sp³-hybridized carbons (Fsp3) is 0.167. The van der Waals surface area contributed by atoms with Crippen LogP contribution in [0.1, 0.15) is 34.5 Å². The number of anilines is 1. The second-order valence-corrected chi connectivity index (χ2v) is 6.32. The number of hydrogen-bond acceptors (Lipinski definition) is 7. The average molecular weight is 370 g/mol. The zero-order valence-corrected chi connectivity index (χ0v) is 15.2. The summed E-state index contributed by atoms with van der Waals surface area (Å²) in [5, 5.41) is 4.65. The van der Waals surface area contributed by atoms with E-state index in [0.717, 1.165) is 17.0 Å². The van der Waals surface area contributed by atoms with Crippen molar-refractivity contribution >= 4 is 28.2 Å². The minimum Gasteiger partial charge on any atom is -0.486 e. The topological polar surface area (TPSA) is 103 Å². The van der Waals surface area contributed by atoms with E-state index >= 15 is 0 Å². The lowest BCUT2D eigenvalue weighted by molar-refractivity contribution is 0.0923. The summed E-state index contributed by atoms with van der Waals surface area (Å²) in [6.45, 7) is 3.83. The highest BCUT2D eigenvalue weighted by atomic mass is 32.1. The number of benzene rings is 1. The van der Waals surface area contributed by atoms with Crippen molar-refractivity contribution in [2.45, 2.75) is 20.5 Å². The van der Waals surface area contributed by atoms with Gasteiger partial charge in [-0.05, 0) is 49.6 Å². The lowest BCUT2D eigenvalue weighted by Crippen LogP contribution is -2.19. The van der Waals surface area contributed by atoms with Crippen LogP contribution < -0.4 is 15.9 Å². The molecule has 0 aliphatic carbocycles. The summed E-state index contributed by atoms with van der Waals surface area (Å²) in [6, 6.07) is 12.6. The van der Waals surface area contributed by atoms with Gasteiger partial charge in [-0.1, -0.05) is 18.2 Å². The summed E-state index contributed by atoms with van der Waals surface area (Å²) in [5.74, 6) is 0.977. The number of carbonyl (C=O) groups is 1. The van der Waals surface area contributed by atoms with E-state index in [1.807, 2.05) is 37.3 Å². The number of aromatic nitrogens is 1. The molecule has 26 heavy (non-hydrogen) atoms. The zero-order valence-electron chi connectivity index (χ0n) is 14.4. The Hall–Kier alpha value is -3.13. The van der Waals surface area contributed by atoms with Crippen LogP contribution in [0, 0.1) is 6.92 Å². The van der Waals surface area contributed by atoms with Gasteiger partial charge in [0.15, 0.2) is 5.76 Å². The SMILES string of the molecule is C/C(=N/NC(=O)c1ccc(COc2ccccc2)o1)c1c(C)nsc1N. The van der Waals surface area contributed by atoms with Gasteiger partial charge in [-0.25, -0.2) is 5.43 Å². The van der Waals surface area contributed by atoms with Gasteiger partial charge in [0.1, 0.15) is 23.1 Å². The van der Waals surface area contributed by atoms with Crippen LogP contribution in [-0.4, -0.2) is 16.0 Å². The number of carbonyl (C=O) groups excluding carboxylic acids is 1. The van der Waals surface area contributed by atoms with Gasteiger partial charge >= 0.3 is 5.91 Å². The van der Waals surface area contributed by atoms with E-state index in [-0.39, 0.29) is 12.4 Å². The van der Waals surface area contributed by atoms with E-state index in [9.17, 15) is 4.79 Å². The number of nitrogen functional groups attached to an aromatic ring is 1. The van der Waals surface area contributed by atoms with E-state index in [1.54, 1.807) is 19.1 Å². The quantitative estimate of drug-likeness (QED) is 0.511. The van der Waals surface area contributed by atoms with Crippen LogP contribution in [0.2, 0.25) is 0 Å². The molecule has 3 rings (SSSR count). The van der Waals surface area contributed by atoms with Gasteiger partial charge in [0.2, 0.25) is 0 Å². The van der Waals surface area contributed by atoms with Gasteiger partial charge in [0, 0.05) is 0 Å². The first kappa shape index (κ1) is 17.7. The molecule has 0 saturated heterocycles. The van der Waals surface area contributed by atoms with Crippen LogP contribution in [-0.2, 0) is 6.61 Å². The molecule has 0 unspecified atom stereocenters. The van der Waals surface area contributed by atoms with Crippen LogP contribution in [0.5, 0.6) is 5.75 Å². The average Bonchev–Trinajstić information content (AvgIpc) is 3.25. The molecular weight excluding hydrogens is 352 g/mol. The fourth-order valence-electron chi connectivity index (χ4n) is 2.32. The predicted molar refractivity (Wildman–Crippen MR) is 100 cm³/mol. The monoisotopic (exact) mass is 370 g/mol. The second-order valence-electron chi connectivity index (χ2n) is 5.51. The molecule has 0 saturated carbocycles. The number of rotatable bonds is 6. The van der Waals surface area contributed by atoms with E-state index in [0.29, 0.717) is 16.5 Å². The summed E-state index contributed by atoms with van der Waals surface area (Å²) >= 11 is 1.20. The molecular formula is C18H18N4O3S. The van der Waals surface area contributed by atoms with Gasteiger partial charge in [-0.2, -0.15) is 9.47 Å². The van der Waals surface area contributed by atoms with Crippen LogP contribution in [0.25, 0.3) is 0 Å². The number of nitrogens with zero attached hydrogens (tertiary/aromatic N) is 2. The number of ether oxygens (including phenoxy) is 1. The molecule has 8 heteroatoms. The standard InChI is InChI=1S/C18H18N4O3S/c1-11(16-12(2)22-26-17(16)19)20-21-18(23)15-9-8-14(25-15)10-24-13-6-4-3-5-7-13/h3-9H,10,19H2,1-2H3,(H,21,23)/b20-11-. The first-order valence-corrected chi connectivity index (χ1v) is 8.65. The molecule has 7 nitrogen and oxygen atoms in total. The van der Waals surface area contributed by atoms with Crippen molar-refractivity contribution in [1.29, 1.82) is 0 Å². The first-order chi connectivity index (χ1) is 12.5. The maximum Gasteiger partial charge on any atom is 0.307 e. The summed E-state index contributed by atoms with van der Waals surface area (Å²) in [5.41, 5.74) is 10.4. The lowest BCUT2D eigenvalue weighted by Gasteiger charge is -2.03. The molecule has 2 heterocycles. The molecule has 0 bridgehead atoms.